The van der Waals surface area contributed by atoms with E-state index in [9.17, 15) is 13.2 Å². The molecule has 0 heterocycles. The van der Waals surface area contributed by atoms with E-state index in [4.69, 9.17) is 11.6 Å². The average Bonchev–Trinajstić information content (AvgIpc) is 2.15. The number of rotatable bonds is 1. The number of hydrogen-bond donors (Lipinski definition) is 0. The van der Waals surface area contributed by atoms with Gasteiger partial charge in [0.15, 0.2) is 0 Å². The Morgan fingerprint density at radius 1 is 1.25 bits per heavy atom. The molecular weight excluding hydrogens is 237 g/mol. The van der Waals surface area contributed by atoms with E-state index < -0.39 is 23.2 Å². The van der Waals surface area contributed by atoms with Crippen molar-refractivity contribution < 1.29 is 13.2 Å². The van der Waals surface area contributed by atoms with Crippen LogP contribution in [-0.2, 0) is 0 Å². The fourth-order valence-electron chi connectivity index (χ4n) is 1.57. The first-order valence-corrected chi connectivity index (χ1v) is 5.07. The fraction of sp³-hybridized carbons (Fsp3) is 0.167. The second-order valence-corrected chi connectivity index (χ2v) is 4.23. The molecule has 0 saturated heterocycles. The fourth-order valence-corrected chi connectivity index (χ4v) is 1.75. The lowest BCUT2D eigenvalue weighted by Crippen LogP contribution is -2.14. The Bertz CT molecular complexity index is 475. The molecule has 0 radical (unpaired) electrons. The molecule has 84 valence electrons. The summed E-state index contributed by atoms with van der Waals surface area (Å²) in [6.45, 7) is 0. The van der Waals surface area contributed by atoms with Gasteiger partial charge in [-0.05, 0) is 23.8 Å². The highest BCUT2D eigenvalue weighted by atomic mass is 35.5. The number of benzene rings is 1. The second kappa shape index (κ2) is 3.98. The third kappa shape index (κ3) is 2.30. The van der Waals surface area contributed by atoms with E-state index in [1.165, 1.54) is 24.3 Å². The zero-order chi connectivity index (χ0) is 11.8. The van der Waals surface area contributed by atoms with Crippen molar-refractivity contribution in [3.8, 4) is 0 Å². The first kappa shape index (κ1) is 11.3. The van der Waals surface area contributed by atoms with Crippen molar-refractivity contribution in [2.75, 3.05) is 0 Å². The number of allylic oxidation sites excluding steroid dienone is 4. The molecule has 1 aromatic rings. The first-order chi connectivity index (χ1) is 7.48. The maximum atomic E-state index is 13.5. The average molecular weight is 245 g/mol. The summed E-state index contributed by atoms with van der Waals surface area (Å²) in [7, 11) is 0. The summed E-state index contributed by atoms with van der Waals surface area (Å²) in [5.41, 5.74) is 0.550. The number of alkyl halides is 2. The van der Waals surface area contributed by atoms with E-state index in [1.54, 1.807) is 6.07 Å². The second-order valence-electron chi connectivity index (χ2n) is 3.60. The van der Waals surface area contributed by atoms with Crippen molar-refractivity contribution >= 4 is 17.2 Å². The quantitative estimate of drug-likeness (QED) is 0.644. The van der Waals surface area contributed by atoms with Crippen molar-refractivity contribution in [2.24, 2.45) is 0 Å². The van der Waals surface area contributed by atoms with Gasteiger partial charge >= 0.3 is 0 Å². The maximum Gasteiger partial charge on any atom is 0.208 e. The monoisotopic (exact) mass is 244 g/mol. The molecule has 16 heavy (non-hydrogen) atoms. The first-order valence-electron chi connectivity index (χ1n) is 4.70. The largest absolute Gasteiger partial charge is 0.221 e. The maximum absolute atomic E-state index is 13.5. The highest BCUT2D eigenvalue weighted by Gasteiger charge is 2.29. The standard InChI is InChI=1S/C12H8ClF3/c13-12(16)5-4-10(11(15)7-12)8-2-1-3-9(14)6-8/h1-6H,7H2. The molecule has 1 aliphatic rings. The molecule has 0 spiro atoms. The molecule has 0 aromatic heterocycles. The van der Waals surface area contributed by atoms with Crippen molar-refractivity contribution in [1.82, 2.24) is 0 Å². The van der Waals surface area contributed by atoms with Crippen LogP contribution in [0.4, 0.5) is 13.2 Å². The Kier molecular flexibility index (Phi) is 2.80. The van der Waals surface area contributed by atoms with Crippen molar-refractivity contribution in [3.63, 3.8) is 0 Å². The molecule has 0 aliphatic heterocycles. The lowest BCUT2D eigenvalue weighted by atomic mass is 9.97. The molecule has 0 fully saturated rings. The van der Waals surface area contributed by atoms with Gasteiger partial charge in [-0.2, -0.15) is 0 Å². The molecule has 0 nitrogen and oxygen atoms in total. The van der Waals surface area contributed by atoms with Crippen LogP contribution in [0.3, 0.4) is 0 Å². The van der Waals surface area contributed by atoms with Crippen LogP contribution >= 0.6 is 11.6 Å². The Labute approximate surface area is 96.0 Å². The molecule has 0 bridgehead atoms. The van der Waals surface area contributed by atoms with Crippen LogP contribution in [0.15, 0.2) is 42.2 Å². The SMILES string of the molecule is FC1=C(c2cccc(F)c2)C=CC(F)(Cl)C1. The van der Waals surface area contributed by atoms with Gasteiger partial charge in [-0.25, -0.2) is 13.2 Å². The van der Waals surface area contributed by atoms with Crippen LogP contribution in [0.1, 0.15) is 12.0 Å². The number of hydrogen-bond acceptors (Lipinski definition) is 0. The molecule has 0 N–H and O–H groups in total. The minimum atomic E-state index is -2.18. The molecular formula is C12H8ClF3. The van der Waals surface area contributed by atoms with Crippen LogP contribution in [0.5, 0.6) is 0 Å². The van der Waals surface area contributed by atoms with Gasteiger partial charge in [0.1, 0.15) is 11.6 Å². The summed E-state index contributed by atoms with van der Waals surface area (Å²) in [5.74, 6) is -1.14. The topological polar surface area (TPSA) is 0 Å². The van der Waals surface area contributed by atoms with E-state index >= 15 is 0 Å². The van der Waals surface area contributed by atoms with E-state index in [1.807, 2.05) is 0 Å². The summed E-state index contributed by atoms with van der Waals surface area (Å²) >= 11 is 5.35. The zero-order valence-electron chi connectivity index (χ0n) is 8.18. The summed E-state index contributed by atoms with van der Waals surface area (Å²) in [5, 5.41) is -2.18. The van der Waals surface area contributed by atoms with Crippen LogP contribution in [-0.4, -0.2) is 5.13 Å². The van der Waals surface area contributed by atoms with E-state index in [0.717, 1.165) is 6.08 Å². The Morgan fingerprint density at radius 2 is 2.00 bits per heavy atom. The van der Waals surface area contributed by atoms with E-state index in [2.05, 4.69) is 0 Å². The van der Waals surface area contributed by atoms with Gasteiger partial charge in [0, 0.05) is 5.57 Å². The molecule has 0 saturated carbocycles. The van der Waals surface area contributed by atoms with Gasteiger partial charge in [-0.3, -0.25) is 0 Å². The highest BCUT2D eigenvalue weighted by Crippen LogP contribution is 2.37. The molecule has 1 unspecified atom stereocenters. The van der Waals surface area contributed by atoms with Gasteiger partial charge in [-0.15, -0.1) is 0 Å². The van der Waals surface area contributed by atoms with Gasteiger partial charge in [-0.1, -0.05) is 29.8 Å². The molecule has 2 rings (SSSR count). The van der Waals surface area contributed by atoms with Crippen LogP contribution in [0.25, 0.3) is 5.57 Å². The Morgan fingerprint density at radius 3 is 2.62 bits per heavy atom. The van der Waals surface area contributed by atoms with Gasteiger partial charge in [0.2, 0.25) is 5.13 Å². The molecule has 1 atom stereocenters. The predicted molar refractivity (Wildman–Crippen MR) is 57.9 cm³/mol. The minimum absolute atomic E-state index is 0.174. The van der Waals surface area contributed by atoms with Crippen LogP contribution in [0.2, 0.25) is 0 Å². The molecule has 1 aliphatic carbocycles. The summed E-state index contributed by atoms with van der Waals surface area (Å²) < 4.78 is 39.7. The zero-order valence-corrected chi connectivity index (χ0v) is 8.94. The normalized spacial score (nSPS) is 25.0. The predicted octanol–water partition coefficient (Wildman–Crippen LogP) is 4.37. The lowest BCUT2D eigenvalue weighted by Gasteiger charge is -2.18. The molecule has 4 heteroatoms. The van der Waals surface area contributed by atoms with E-state index in [-0.39, 0.29) is 5.57 Å². The Balaban J connectivity index is 2.40. The van der Waals surface area contributed by atoms with Crippen molar-refractivity contribution in [2.45, 2.75) is 11.5 Å². The Hall–Kier alpha value is -1.22. The number of halogens is 4. The molecule has 1 aromatic carbocycles. The van der Waals surface area contributed by atoms with Crippen molar-refractivity contribution in [1.29, 1.82) is 0 Å². The van der Waals surface area contributed by atoms with Crippen molar-refractivity contribution in [3.05, 3.63) is 53.6 Å². The summed E-state index contributed by atoms with van der Waals surface area (Å²) in [6.07, 6.45) is 1.77. The summed E-state index contributed by atoms with van der Waals surface area (Å²) in [6, 6.07) is 5.48. The van der Waals surface area contributed by atoms with Gasteiger partial charge in [0.25, 0.3) is 0 Å². The molecule has 0 amide bonds. The van der Waals surface area contributed by atoms with E-state index in [0.29, 0.717) is 5.56 Å². The smallest absolute Gasteiger partial charge is 0.208 e. The highest BCUT2D eigenvalue weighted by molar-refractivity contribution is 6.24. The van der Waals surface area contributed by atoms with Gasteiger partial charge in [0.05, 0.1) is 6.42 Å². The summed E-state index contributed by atoms with van der Waals surface area (Å²) in [4.78, 5) is 0. The van der Waals surface area contributed by atoms with Crippen LogP contribution in [0, 0.1) is 5.82 Å². The minimum Gasteiger partial charge on any atom is -0.221 e. The third-order valence-corrected chi connectivity index (χ3v) is 2.57. The van der Waals surface area contributed by atoms with Crippen LogP contribution < -0.4 is 0 Å². The van der Waals surface area contributed by atoms with Gasteiger partial charge < -0.3 is 0 Å². The lowest BCUT2D eigenvalue weighted by molar-refractivity contribution is 0.322. The third-order valence-electron chi connectivity index (χ3n) is 2.31.